The maximum atomic E-state index is 13.5. The topological polar surface area (TPSA) is 58.4 Å². The fourth-order valence-electron chi connectivity index (χ4n) is 4.66. The Balaban J connectivity index is 1.41. The number of para-hydroxylation sites is 1. The highest BCUT2D eigenvalue weighted by molar-refractivity contribution is 5.82. The molecule has 1 atom stereocenters. The zero-order chi connectivity index (χ0) is 25.1. The molecule has 0 fully saturated rings. The maximum Gasteiger partial charge on any atom is 0.225 e. The summed E-state index contributed by atoms with van der Waals surface area (Å²) in [6.45, 7) is 1.93. The molecule has 2 heterocycles. The summed E-state index contributed by atoms with van der Waals surface area (Å²) < 4.78 is 1.86. The zero-order valence-corrected chi connectivity index (χ0v) is 20.4. The lowest BCUT2D eigenvalue weighted by molar-refractivity contribution is -0.134. The van der Waals surface area contributed by atoms with E-state index in [0.717, 1.165) is 33.6 Å². The molecule has 0 bridgehead atoms. The maximum absolute atomic E-state index is 13.5. The molecule has 0 saturated heterocycles. The van der Waals surface area contributed by atoms with Gasteiger partial charge in [-0.15, -0.1) is 0 Å². The Morgan fingerprint density at radius 2 is 1.58 bits per heavy atom. The second kappa shape index (κ2) is 10.0. The average Bonchev–Trinajstić information content (AvgIpc) is 3.33. The van der Waals surface area contributed by atoms with Crippen molar-refractivity contribution in [3.8, 4) is 16.9 Å². The number of hydrogen-bond acceptors (Lipinski definition) is 3. The summed E-state index contributed by atoms with van der Waals surface area (Å²) in [6, 6.07) is 27.5. The molecule has 0 radical (unpaired) electrons. The largest absolute Gasteiger partial charge is 0.341 e. The minimum atomic E-state index is -0.334. The van der Waals surface area contributed by atoms with Gasteiger partial charge in [-0.3, -0.25) is 9.59 Å². The summed E-state index contributed by atoms with van der Waals surface area (Å²) in [5, 5.41) is 4.86. The SMILES string of the molecule is CC(=O)N1C=Cc2ccccc2C1CC(=O)N(C)Cc1cn(-c2ccccc2)nc1-c1ccccc1. The van der Waals surface area contributed by atoms with Crippen LogP contribution in [0.2, 0.25) is 0 Å². The van der Waals surface area contributed by atoms with Crippen molar-refractivity contribution in [2.75, 3.05) is 7.05 Å². The number of aromatic nitrogens is 2. The Hall–Kier alpha value is -4.45. The molecule has 0 N–H and O–H groups in total. The van der Waals surface area contributed by atoms with Gasteiger partial charge in [0.2, 0.25) is 11.8 Å². The van der Waals surface area contributed by atoms with E-state index in [9.17, 15) is 9.59 Å². The third-order valence-electron chi connectivity index (χ3n) is 6.53. The number of rotatable bonds is 6. The van der Waals surface area contributed by atoms with Crippen LogP contribution in [0.25, 0.3) is 23.0 Å². The third-order valence-corrected chi connectivity index (χ3v) is 6.53. The first kappa shape index (κ1) is 23.3. The molecule has 1 aliphatic rings. The van der Waals surface area contributed by atoms with Gasteiger partial charge in [-0.05, 0) is 29.3 Å². The van der Waals surface area contributed by atoms with E-state index in [1.807, 2.05) is 102 Å². The summed E-state index contributed by atoms with van der Waals surface area (Å²) >= 11 is 0. The van der Waals surface area contributed by atoms with E-state index < -0.39 is 0 Å². The highest BCUT2D eigenvalue weighted by atomic mass is 16.2. The molecule has 0 aliphatic carbocycles. The molecular weight excluding hydrogens is 448 g/mol. The first-order valence-corrected chi connectivity index (χ1v) is 12.0. The van der Waals surface area contributed by atoms with E-state index in [2.05, 4.69) is 0 Å². The number of amides is 2. The van der Waals surface area contributed by atoms with Gasteiger partial charge in [-0.1, -0.05) is 72.8 Å². The van der Waals surface area contributed by atoms with E-state index in [-0.39, 0.29) is 24.3 Å². The highest BCUT2D eigenvalue weighted by Gasteiger charge is 2.29. The van der Waals surface area contributed by atoms with Crippen LogP contribution >= 0.6 is 0 Å². The molecule has 180 valence electrons. The first-order valence-electron chi connectivity index (χ1n) is 12.0. The number of carbonyl (C=O) groups is 2. The number of benzene rings is 3. The number of nitrogens with zero attached hydrogens (tertiary/aromatic N) is 4. The minimum Gasteiger partial charge on any atom is -0.341 e. The Bertz CT molecular complexity index is 1410. The van der Waals surface area contributed by atoms with Crippen molar-refractivity contribution in [2.45, 2.75) is 25.9 Å². The van der Waals surface area contributed by atoms with Crippen molar-refractivity contribution in [3.05, 3.63) is 114 Å². The number of hydrogen-bond donors (Lipinski definition) is 0. The van der Waals surface area contributed by atoms with Crippen LogP contribution in [0.5, 0.6) is 0 Å². The van der Waals surface area contributed by atoms with Crippen molar-refractivity contribution >= 4 is 17.9 Å². The van der Waals surface area contributed by atoms with Crippen LogP contribution in [0.3, 0.4) is 0 Å². The van der Waals surface area contributed by atoms with Crippen LogP contribution in [0.15, 0.2) is 97.3 Å². The number of carbonyl (C=O) groups excluding carboxylic acids is 2. The lowest BCUT2D eigenvalue weighted by Crippen LogP contribution is -2.35. The Kier molecular flexibility index (Phi) is 6.50. The molecule has 1 aliphatic heterocycles. The average molecular weight is 477 g/mol. The zero-order valence-electron chi connectivity index (χ0n) is 20.4. The van der Waals surface area contributed by atoms with Crippen molar-refractivity contribution in [1.29, 1.82) is 0 Å². The van der Waals surface area contributed by atoms with Gasteiger partial charge in [-0.25, -0.2) is 4.68 Å². The van der Waals surface area contributed by atoms with Crippen LogP contribution in [-0.2, 0) is 16.1 Å². The van der Waals surface area contributed by atoms with Crippen LogP contribution in [0.4, 0.5) is 0 Å². The third kappa shape index (κ3) is 4.70. The van der Waals surface area contributed by atoms with E-state index in [1.165, 1.54) is 6.92 Å². The molecule has 3 aromatic carbocycles. The van der Waals surface area contributed by atoms with Crippen molar-refractivity contribution in [2.24, 2.45) is 0 Å². The fourth-order valence-corrected chi connectivity index (χ4v) is 4.66. The Labute approximate surface area is 211 Å². The van der Waals surface area contributed by atoms with Crippen LogP contribution in [-0.4, -0.2) is 38.4 Å². The van der Waals surface area contributed by atoms with Gasteiger partial charge in [0.1, 0.15) is 0 Å². The highest BCUT2D eigenvalue weighted by Crippen LogP contribution is 2.33. The lowest BCUT2D eigenvalue weighted by Gasteiger charge is -2.33. The smallest absolute Gasteiger partial charge is 0.225 e. The molecule has 6 heteroatoms. The van der Waals surface area contributed by atoms with Gasteiger partial charge in [0.05, 0.1) is 23.8 Å². The molecule has 6 nitrogen and oxygen atoms in total. The van der Waals surface area contributed by atoms with Crippen LogP contribution in [0, 0.1) is 0 Å². The van der Waals surface area contributed by atoms with Gasteiger partial charge < -0.3 is 9.80 Å². The van der Waals surface area contributed by atoms with Gasteiger partial charge in [-0.2, -0.15) is 5.10 Å². The van der Waals surface area contributed by atoms with E-state index in [1.54, 1.807) is 23.0 Å². The van der Waals surface area contributed by atoms with Crippen molar-refractivity contribution in [3.63, 3.8) is 0 Å². The standard InChI is InChI=1S/C30H28N4O2/c1-22(35)33-18-17-23-11-9-10-16-27(23)28(33)19-29(36)32(2)20-25-21-34(26-14-7-4-8-15-26)31-30(25)24-12-5-3-6-13-24/h3-18,21,28H,19-20H2,1-2H3. The number of fused-ring (bicyclic) bond motifs is 1. The van der Waals surface area contributed by atoms with E-state index in [4.69, 9.17) is 5.10 Å². The molecule has 4 aromatic rings. The van der Waals surface area contributed by atoms with Crippen LogP contribution in [0.1, 0.15) is 36.1 Å². The van der Waals surface area contributed by atoms with Gasteiger partial charge in [0, 0.05) is 44.0 Å². The molecule has 0 saturated carbocycles. The summed E-state index contributed by atoms with van der Waals surface area (Å²) in [6.07, 6.45) is 5.89. The summed E-state index contributed by atoms with van der Waals surface area (Å²) in [5.41, 5.74) is 5.77. The monoisotopic (exact) mass is 476 g/mol. The van der Waals surface area contributed by atoms with Crippen molar-refractivity contribution < 1.29 is 9.59 Å². The predicted octanol–water partition coefficient (Wildman–Crippen LogP) is 5.46. The predicted molar refractivity (Wildman–Crippen MR) is 141 cm³/mol. The molecule has 36 heavy (non-hydrogen) atoms. The van der Waals surface area contributed by atoms with E-state index >= 15 is 0 Å². The summed E-state index contributed by atoms with van der Waals surface area (Å²) in [4.78, 5) is 29.2. The molecular formula is C30H28N4O2. The molecule has 0 spiro atoms. The lowest BCUT2D eigenvalue weighted by atomic mass is 9.93. The summed E-state index contributed by atoms with van der Waals surface area (Å²) in [7, 11) is 1.81. The second-order valence-corrected chi connectivity index (χ2v) is 8.99. The molecule has 1 unspecified atom stereocenters. The quantitative estimate of drug-likeness (QED) is 0.371. The fraction of sp³-hybridized carbons (Fsp3) is 0.167. The summed E-state index contributed by atoms with van der Waals surface area (Å²) in [5.74, 6) is -0.125. The molecule has 2 amide bonds. The normalized spacial score (nSPS) is 14.4. The Morgan fingerprint density at radius 1 is 0.917 bits per heavy atom. The van der Waals surface area contributed by atoms with Crippen molar-refractivity contribution in [1.82, 2.24) is 19.6 Å². The van der Waals surface area contributed by atoms with Crippen LogP contribution < -0.4 is 0 Å². The van der Waals surface area contributed by atoms with E-state index in [0.29, 0.717) is 6.54 Å². The molecule has 1 aromatic heterocycles. The Morgan fingerprint density at radius 3 is 2.31 bits per heavy atom. The second-order valence-electron chi connectivity index (χ2n) is 8.99. The van der Waals surface area contributed by atoms with Gasteiger partial charge in [0.25, 0.3) is 0 Å². The van der Waals surface area contributed by atoms with Gasteiger partial charge in [0.15, 0.2) is 0 Å². The molecule has 5 rings (SSSR count). The minimum absolute atomic E-state index is 0.0391. The first-order chi connectivity index (χ1) is 17.5. The van der Waals surface area contributed by atoms with Gasteiger partial charge >= 0.3 is 0 Å².